The van der Waals surface area contributed by atoms with Gasteiger partial charge in [-0.2, -0.15) is 0 Å². The van der Waals surface area contributed by atoms with Gasteiger partial charge in [0, 0.05) is 43.4 Å². The van der Waals surface area contributed by atoms with Gasteiger partial charge in [0.15, 0.2) is 11.5 Å². The number of pyridine rings is 2. The first-order valence-corrected chi connectivity index (χ1v) is 12.1. The molecule has 3 aromatic heterocycles. The quantitative estimate of drug-likeness (QED) is 0.388. The second-order valence-electron chi connectivity index (χ2n) is 8.96. The maximum atomic E-state index is 13.3. The number of carbonyl (C=O) groups is 1. The lowest BCUT2D eigenvalue weighted by Gasteiger charge is -2.21. The molecule has 0 unspecified atom stereocenters. The highest BCUT2D eigenvalue weighted by atomic mass is 16.5. The van der Waals surface area contributed by atoms with Crippen molar-refractivity contribution in [2.24, 2.45) is 5.92 Å². The van der Waals surface area contributed by atoms with Gasteiger partial charge in [-0.05, 0) is 73.6 Å². The van der Waals surface area contributed by atoms with E-state index in [4.69, 9.17) is 9.47 Å². The van der Waals surface area contributed by atoms with E-state index in [0.29, 0.717) is 29.6 Å². The molecule has 1 saturated heterocycles. The van der Waals surface area contributed by atoms with E-state index >= 15 is 0 Å². The van der Waals surface area contributed by atoms with Gasteiger partial charge in [-0.15, -0.1) is 0 Å². The van der Waals surface area contributed by atoms with E-state index in [1.54, 1.807) is 25.4 Å². The van der Waals surface area contributed by atoms with E-state index in [0.717, 1.165) is 50.1 Å². The summed E-state index contributed by atoms with van der Waals surface area (Å²) in [7, 11) is 1.59. The van der Waals surface area contributed by atoms with Crippen LogP contribution in [0.1, 0.15) is 40.9 Å². The van der Waals surface area contributed by atoms with E-state index in [1.807, 2.05) is 47.8 Å². The Balaban J connectivity index is 1.22. The first-order valence-electron chi connectivity index (χ1n) is 12.1. The van der Waals surface area contributed by atoms with Crippen LogP contribution >= 0.6 is 0 Å². The number of amides is 1. The lowest BCUT2D eigenvalue weighted by atomic mass is 9.93. The van der Waals surface area contributed by atoms with E-state index in [9.17, 15) is 4.79 Å². The van der Waals surface area contributed by atoms with Crippen LogP contribution in [0.2, 0.25) is 0 Å². The first kappa shape index (κ1) is 22.9. The lowest BCUT2D eigenvalue weighted by molar-refractivity contribution is 0.0759. The minimum atomic E-state index is 0.0376. The number of likely N-dealkylation sites (tertiary alicyclic amines) is 1. The lowest BCUT2D eigenvalue weighted by Crippen LogP contribution is -2.32. The van der Waals surface area contributed by atoms with Crippen molar-refractivity contribution < 1.29 is 14.3 Å². The molecule has 0 spiro atoms. The Labute approximate surface area is 205 Å². The summed E-state index contributed by atoms with van der Waals surface area (Å²) in [5.74, 6) is 1.72. The molecule has 1 aromatic carbocycles. The summed E-state index contributed by atoms with van der Waals surface area (Å²) < 4.78 is 13.5. The Morgan fingerprint density at radius 3 is 2.80 bits per heavy atom. The van der Waals surface area contributed by atoms with E-state index in [-0.39, 0.29) is 5.91 Å². The van der Waals surface area contributed by atoms with Crippen LogP contribution in [0.3, 0.4) is 0 Å². The molecule has 7 heteroatoms. The SMILES string of the molecule is COc1cc(C(=O)N2CCC[C@@H](Cc3cccn4ccnc34)CC2)ccc1OCc1ccccn1. The normalized spacial score (nSPS) is 16.1. The molecular weight excluding hydrogens is 440 g/mol. The molecule has 4 heterocycles. The number of methoxy groups -OCH3 is 1. The van der Waals surface area contributed by atoms with Crippen molar-refractivity contribution in [2.75, 3.05) is 20.2 Å². The Morgan fingerprint density at radius 1 is 1.00 bits per heavy atom. The summed E-state index contributed by atoms with van der Waals surface area (Å²) in [6.45, 7) is 1.86. The van der Waals surface area contributed by atoms with Gasteiger partial charge in [0.05, 0.1) is 12.8 Å². The maximum Gasteiger partial charge on any atom is 0.253 e. The predicted octanol–water partition coefficient (Wildman–Crippen LogP) is 4.80. The largest absolute Gasteiger partial charge is 0.493 e. The van der Waals surface area contributed by atoms with E-state index in [2.05, 4.69) is 26.5 Å². The van der Waals surface area contributed by atoms with Crippen LogP contribution in [-0.2, 0) is 13.0 Å². The average molecular weight is 471 g/mol. The number of hydrogen-bond donors (Lipinski definition) is 0. The van der Waals surface area contributed by atoms with Crippen LogP contribution < -0.4 is 9.47 Å². The molecule has 1 atom stereocenters. The van der Waals surface area contributed by atoms with Gasteiger partial charge in [-0.3, -0.25) is 9.78 Å². The van der Waals surface area contributed by atoms with E-state index < -0.39 is 0 Å². The summed E-state index contributed by atoms with van der Waals surface area (Å²) in [6, 6.07) is 15.3. The smallest absolute Gasteiger partial charge is 0.253 e. The molecule has 4 aromatic rings. The fourth-order valence-corrected chi connectivity index (χ4v) is 4.79. The third-order valence-electron chi connectivity index (χ3n) is 6.66. The Hall–Kier alpha value is -3.87. The number of hydrogen-bond acceptors (Lipinski definition) is 5. The zero-order valence-corrected chi connectivity index (χ0v) is 20.0. The van der Waals surface area contributed by atoms with Gasteiger partial charge in [0.1, 0.15) is 12.3 Å². The van der Waals surface area contributed by atoms with Crippen molar-refractivity contribution in [3.05, 3.63) is 90.1 Å². The van der Waals surface area contributed by atoms with Crippen LogP contribution in [0.5, 0.6) is 11.5 Å². The Kier molecular flexibility index (Phi) is 6.93. The number of rotatable bonds is 7. The molecule has 0 saturated carbocycles. The average Bonchev–Trinajstić information content (AvgIpc) is 3.27. The number of fused-ring (bicyclic) bond motifs is 1. The van der Waals surface area contributed by atoms with Crippen molar-refractivity contribution in [1.29, 1.82) is 0 Å². The highest BCUT2D eigenvalue weighted by Crippen LogP contribution is 2.30. The van der Waals surface area contributed by atoms with E-state index in [1.165, 1.54) is 5.56 Å². The monoisotopic (exact) mass is 470 g/mol. The predicted molar refractivity (Wildman–Crippen MR) is 134 cm³/mol. The second-order valence-corrected chi connectivity index (χ2v) is 8.96. The number of nitrogens with zero attached hydrogens (tertiary/aromatic N) is 4. The van der Waals surface area contributed by atoms with Gasteiger partial charge in [-0.1, -0.05) is 12.1 Å². The van der Waals surface area contributed by atoms with Crippen LogP contribution in [0.25, 0.3) is 5.65 Å². The van der Waals surface area contributed by atoms with Gasteiger partial charge in [0.25, 0.3) is 5.91 Å². The van der Waals surface area contributed by atoms with Crippen LogP contribution in [-0.4, -0.2) is 45.4 Å². The van der Waals surface area contributed by atoms with Crippen molar-refractivity contribution >= 4 is 11.6 Å². The summed E-state index contributed by atoms with van der Waals surface area (Å²) in [6.07, 6.45) is 11.7. The molecule has 0 bridgehead atoms. The molecule has 0 radical (unpaired) electrons. The summed E-state index contributed by atoms with van der Waals surface area (Å²) in [5, 5.41) is 0. The minimum Gasteiger partial charge on any atom is -0.493 e. The third kappa shape index (κ3) is 5.29. The molecule has 1 aliphatic heterocycles. The van der Waals surface area contributed by atoms with Crippen LogP contribution in [0, 0.1) is 5.92 Å². The fourth-order valence-electron chi connectivity index (χ4n) is 4.79. The number of imidazole rings is 1. The molecule has 7 nitrogen and oxygen atoms in total. The third-order valence-corrected chi connectivity index (χ3v) is 6.66. The highest BCUT2D eigenvalue weighted by molar-refractivity contribution is 5.95. The minimum absolute atomic E-state index is 0.0376. The summed E-state index contributed by atoms with van der Waals surface area (Å²) >= 11 is 0. The van der Waals surface area contributed by atoms with Crippen molar-refractivity contribution in [3.63, 3.8) is 0 Å². The molecule has 1 amide bonds. The highest BCUT2D eigenvalue weighted by Gasteiger charge is 2.23. The Bertz CT molecular complexity index is 1290. The summed E-state index contributed by atoms with van der Waals surface area (Å²) in [5.41, 5.74) is 3.75. The van der Waals surface area contributed by atoms with Crippen molar-refractivity contribution in [2.45, 2.75) is 32.3 Å². The summed E-state index contributed by atoms with van der Waals surface area (Å²) in [4.78, 5) is 24.1. The molecule has 35 heavy (non-hydrogen) atoms. The molecule has 1 fully saturated rings. The van der Waals surface area contributed by atoms with Crippen molar-refractivity contribution in [1.82, 2.24) is 19.3 Å². The zero-order valence-electron chi connectivity index (χ0n) is 20.0. The van der Waals surface area contributed by atoms with Crippen LogP contribution in [0.4, 0.5) is 0 Å². The van der Waals surface area contributed by atoms with Crippen LogP contribution in [0.15, 0.2) is 73.3 Å². The van der Waals surface area contributed by atoms with Crippen molar-refractivity contribution in [3.8, 4) is 11.5 Å². The second kappa shape index (κ2) is 10.6. The fraction of sp³-hybridized carbons (Fsp3) is 0.321. The molecular formula is C28H30N4O3. The number of benzene rings is 1. The topological polar surface area (TPSA) is 69.0 Å². The molecule has 0 N–H and O–H groups in total. The number of aromatic nitrogens is 3. The zero-order chi connectivity index (χ0) is 24.0. The number of carbonyl (C=O) groups excluding carboxylic acids is 1. The molecule has 0 aliphatic carbocycles. The van der Waals surface area contributed by atoms with Gasteiger partial charge >= 0.3 is 0 Å². The van der Waals surface area contributed by atoms with Gasteiger partial charge < -0.3 is 18.8 Å². The maximum absolute atomic E-state index is 13.3. The first-order chi connectivity index (χ1) is 17.2. The number of ether oxygens (including phenoxy) is 2. The van der Waals surface area contributed by atoms with Gasteiger partial charge in [0.2, 0.25) is 0 Å². The van der Waals surface area contributed by atoms with Gasteiger partial charge in [-0.25, -0.2) is 4.98 Å². The molecule has 180 valence electrons. The molecule has 1 aliphatic rings. The molecule has 5 rings (SSSR count). The Morgan fingerprint density at radius 2 is 1.94 bits per heavy atom. The standard InChI is InChI=1S/C28H30N4O3/c1-34-26-19-23(9-10-25(26)35-20-24-8-2-3-12-29-24)28(33)32-15-4-6-21(11-16-32)18-22-7-5-14-31-17-13-30-27(22)31/h2-3,5,7-10,12-14,17,19,21H,4,6,11,15-16,18,20H2,1H3/t21-/m1/s1.